The quantitative estimate of drug-likeness (QED) is 0.810. The van der Waals surface area contributed by atoms with E-state index in [2.05, 4.69) is 26.1 Å². The normalized spacial score (nSPS) is 16.6. The number of anilines is 1. The van der Waals surface area contributed by atoms with Gasteiger partial charge >= 0.3 is 0 Å². The van der Waals surface area contributed by atoms with Crippen LogP contribution in [-0.2, 0) is 20.2 Å². The van der Waals surface area contributed by atoms with Crippen LogP contribution in [-0.4, -0.2) is 31.7 Å². The van der Waals surface area contributed by atoms with E-state index in [0.29, 0.717) is 30.8 Å². The van der Waals surface area contributed by atoms with Crippen molar-refractivity contribution >= 4 is 21.6 Å². The largest absolute Gasteiger partial charge is 0.326 e. The molecule has 1 saturated heterocycles. The van der Waals surface area contributed by atoms with Crippen molar-refractivity contribution in [3.05, 3.63) is 59.7 Å². The molecule has 0 saturated carbocycles. The van der Waals surface area contributed by atoms with Gasteiger partial charge < -0.3 is 5.32 Å². The zero-order chi connectivity index (χ0) is 21.2. The molecule has 0 unspecified atom stereocenters. The van der Waals surface area contributed by atoms with Crippen molar-refractivity contribution in [3.8, 4) is 0 Å². The fraction of sp³-hybridized carbons (Fsp3) is 0.435. The molecule has 2 aromatic rings. The lowest BCUT2D eigenvalue weighted by Crippen LogP contribution is -2.41. The maximum Gasteiger partial charge on any atom is 0.243 e. The van der Waals surface area contributed by atoms with Crippen molar-refractivity contribution in [2.24, 2.45) is 5.92 Å². The van der Waals surface area contributed by atoms with Gasteiger partial charge in [0.2, 0.25) is 15.9 Å². The van der Waals surface area contributed by atoms with E-state index in [0.717, 1.165) is 16.8 Å². The molecule has 0 aliphatic carbocycles. The number of sulfonamides is 1. The Kier molecular flexibility index (Phi) is 6.15. The van der Waals surface area contributed by atoms with Crippen LogP contribution in [0.4, 0.5) is 5.69 Å². The van der Waals surface area contributed by atoms with E-state index in [1.807, 2.05) is 43.3 Å². The van der Waals surface area contributed by atoms with Crippen LogP contribution in [0.25, 0.3) is 0 Å². The maximum atomic E-state index is 13.0. The standard InChI is InChI=1S/C23H30N2O3S/c1-17-7-5-6-8-21(17)24-22(26)18-13-15-25(16-14-18)29(27,28)20-11-9-19(10-12-20)23(2,3)4/h5-12,18H,13-16H2,1-4H3,(H,24,26). The summed E-state index contributed by atoms with van der Waals surface area (Å²) in [5, 5.41) is 2.98. The third-order valence-electron chi connectivity index (χ3n) is 5.59. The highest BCUT2D eigenvalue weighted by Crippen LogP contribution is 2.28. The number of carbonyl (C=O) groups excluding carboxylic acids is 1. The zero-order valence-electron chi connectivity index (χ0n) is 17.6. The Morgan fingerprint density at radius 2 is 1.59 bits per heavy atom. The molecule has 0 bridgehead atoms. The topological polar surface area (TPSA) is 66.5 Å². The van der Waals surface area contributed by atoms with Gasteiger partial charge in [-0.3, -0.25) is 4.79 Å². The lowest BCUT2D eigenvalue weighted by molar-refractivity contribution is -0.120. The summed E-state index contributed by atoms with van der Waals surface area (Å²) in [6.45, 7) is 8.97. The van der Waals surface area contributed by atoms with Crippen LogP contribution in [0.15, 0.2) is 53.4 Å². The lowest BCUT2D eigenvalue weighted by atomic mass is 9.87. The fourth-order valence-corrected chi connectivity index (χ4v) is 5.05. The molecule has 29 heavy (non-hydrogen) atoms. The minimum atomic E-state index is -3.54. The number of carbonyl (C=O) groups is 1. The van der Waals surface area contributed by atoms with E-state index in [9.17, 15) is 13.2 Å². The Hall–Kier alpha value is -2.18. The Morgan fingerprint density at radius 3 is 2.14 bits per heavy atom. The second-order valence-corrected chi connectivity index (χ2v) is 10.7. The zero-order valence-corrected chi connectivity index (χ0v) is 18.4. The summed E-state index contributed by atoms with van der Waals surface area (Å²) in [6.07, 6.45) is 1.05. The van der Waals surface area contributed by atoms with Crippen LogP contribution in [0.1, 0.15) is 44.7 Å². The van der Waals surface area contributed by atoms with Gasteiger partial charge in [-0.1, -0.05) is 51.1 Å². The molecular formula is C23H30N2O3S. The van der Waals surface area contributed by atoms with Gasteiger partial charge in [0.15, 0.2) is 0 Å². The van der Waals surface area contributed by atoms with E-state index in [1.54, 1.807) is 12.1 Å². The summed E-state index contributed by atoms with van der Waals surface area (Å²) < 4.78 is 27.5. The Morgan fingerprint density at radius 1 is 1.00 bits per heavy atom. The fourth-order valence-electron chi connectivity index (χ4n) is 3.58. The molecule has 1 aliphatic rings. The van der Waals surface area contributed by atoms with Crippen LogP contribution < -0.4 is 5.32 Å². The Bertz CT molecular complexity index is 968. The maximum absolute atomic E-state index is 13.0. The van der Waals surface area contributed by atoms with E-state index in [-0.39, 0.29) is 17.2 Å². The number of nitrogens with one attached hydrogen (secondary N) is 1. The van der Waals surface area contributed by atoms with Gasteiger partial charge in [0.25, 0.3) is 0 Å². The van der Waals surface area contributed by atoms with Gasteiger partial charge in [-0.2, -0.15) is 4.31 Å². The van der Waals surface area contributed by atoms with Crippen molar-refractivity contribution < 1.29 is 13.2 Å². The van der Waals surface area contributed by atoms with Gasteiger partial charge in [0.1, 0.15) is 0 Å². The average Bonchev–Trinajstić information content (AvgIpc) is 2.69. The SMILES string of the molecule is Cc1ccccc1NC(=O)C1CCN(S(=O)(=O)c2ccc(C(C)(C)C)cc2)CC1. The first-order valence-electron chi connectivity index (χ1n) is 10.1. The monoisotopic (exact) mass is 414 g/mol. The summed E-state index contributed by atoms with van der Waals surface area (Å²) in [5.41, 5.74) is 2.90. The van der Waals surface area contributed by atoms with E-state index in [1.165, 1.54) is 4.31 Å². The third-order valence-corrected chi connectivity index (χ3v) is 7.50. The second kappa shape index (κ2) is 8.28. The molecule has 1 heterocycles. The second-order valence-electron chi connectivity index (χ2n) is 8.76. The van der Waals surface area contributed by atoms with Crippen molar-refractivity contribution in [1.29, 1.82) is 0 Å². The van der Waals surface area contributed by atoms with Crippen molar-refractivity contribution in [1.82, 2.24) is 4.31 Å². The first-order chi connectivity index (χ1) is 13.6. The first-order valence-corrected chi connectivity index (χ1v) is 11.5. The summed E-state index contributed by atoms with van der Waals surface area (Å²) >= 11 is 0. The molecule has 5 nitrogen and oxygen atoms in total. The van der Waals surface area contributed by atoms with Crippen LogP contribution >= 0.6 is 0 Å². The van der Waals surface area contributed by atoms with Crippen molar-refractivity contribution in [2.75, 3.05) is 18.4 Å². The van der Waals surface area contributed by atoms with E-state index < -0.39 is 10.0 Å². The Balaban J connectivity index is 1.63. The molecule has 1 amide bonds. The summed E-state index contributed by atoms with van der Waals surface area (Å²) in [4.78, 5) is 12.9. The van der Waals surface area contributed by atoms with Gasteiger partial charge in [-0.15, -0.1) is 0 Å². The van der Waals surface area contributed by atoms with Crippen molar-refractivity contribution in [3.63, 3.8) is 0 Å². The van der Waals surface area contributed by atoms with Gasteiger partial charge in [0.05, 0.1) is 4.90 Å². The molecule has 2 aromatic carbocycles. The molecule has 156 valence electrons. The summed E-state index contributed by atoms with van der Waals surface area (Å²) in [5.74, 6) is -0.213. The summed E-state index contributed by atoms with van der Waals surface area (Å²) in [6, 6.07) is 14.8. The number of nitrogens with zero attached hydrogens (tertiary/aromatic N) is 1. The van der Waals surface area contributed by atoms with E-state index >= 15 is 0 Å². The summed E-state index contributed by atoms with van der Waals surface area (Å²) in [7, 11) is -3.54. The van der Waals surface area contributed by atoms with E-state index in [4.69, 9.17) is 0 Å². The predicted molar refractivity (Wildman–Crippen MR) is 116 cm³/mol. The van der Waals surface area contributed by atoms with Gasteiger partial charge in [-0.25, -0.2) is 8.42 Å². The van der Waals surface area contributed by atoms with Crippen LogP contribution in [0, 0.1) is 12.8 Å². The number of para-hydroxylation sites is 1. The van der Waals surface area contributed by atoms with Gasteiger partial charge in [-0.05, 0) is 54.5 Å². The number of hydrogen-bond donors (Lipinski definition) is 1. The minimum Gasteiger partial charge on any atom is -0.326 e. The number of aryl methyl sites for hydroxylation is 1. The smallest absolute Gasteiger partial charge is 0.243 e. The first kappa shape index (κ1) is 21.5. The average molecular weight is 415 g/mol. The number of hydrogen-bond acceptors (Lipinski definition) is 3. The lowest BCUT2D eigenvalue weighted by Gasteiger charge is -2.30. The van der Waals surface area contributed by atoms with Crippen LogP contribution in [0.5, 0.6) is 0 Å². The molecule has 0 aromatic heterocycles. The molecule has 0 spiro atoms. The highest BCUT2D eigenvalue weighted by molar-refractivity contribution is 7.89. The number of amides is 1. The predicted octanol–water partition coefficient (Wildman–Crippen LogP) is 4.33. The molecule has 1 N–H and O–H groups in total. The third kappa shape index (κ3) is 4.87. The molecule has 6 heteroatoms. The highest BCUT2D eigenvalue weighted by atomic mass is 32.2. The molecule has 0 radical (unpaired) electrons. The number of piperidine rings is 1. The Labute approximate surface area is 174 Å². The van der Waals surface area contributed by atoms with Gasteiger partial charge in [0, 0.05) is 24.7 Å². The van der Waals surface area contributed by atoms with Crippen LogP contribution in [0.2, 0.25) is 0 Å². The molecule has 1 aliphatic heterocycles. The molecule has 3 rings (SSSR count). The molecule has 1 fully saturated rings. The molecular weight excluding hydrogens is 384 g/mol. The van der Waals surface area contributed by atoms with Crippen LogP contribution in [0.3, 0.4) is 0 Å². The number of rotatable bonds is 4. The highest BCUT2D eigenvalue weighted by Gasteiger charge is 2.32. The number of benzene rings is 2. The van der Waals surface area contributed by atoms with Crippen molar-refractivity contribution in [2.45, 2.75) is 50.8 Å². The molecule has 0 atom stereocenters. The minimum absolute atomic E-state index is 0.0227.